The first-order valence-corrected chi connectivity index (χ1v) is 13.4. The van der Waals surface area contributed by atoms with E-state index in [4.69, 9.17) is 0 Å². The van der Waals surface area contributed by atoms with Crippen LogP contribution in [-0.4, -0.2) is 49.7 Å². The van der Waals surface area contributed by atoms with E-state index < -0.39 is 47.5 Å². The van der Waals surface area contributed by atoms with Crippen LogP contribution in [0.15, 0.2) is 0 Å². The van der Waals surface area contributed by atoms with Crippen LogP contribution in [0.4, 0.5) is 0 Å². The predicted octanol–water partition coefficient (Wildman–Crippen LogP) is 5.83. The minimum Gasteiger partial charge on any atom is -0.481 e. The minimum absolute atomic E-state index is 0.216. The van der Waals surface area contributed by atoms with Gasteiger partial charge in [0.1, 0.15) is 0 Å². The van der Waals surface area contributed by atoms with Gasteiger partial charge in [-0.25, -0.2) is 4.79 Å². The van der Waals surface area contributed by atoms with E-state index in [0.29, 0.717) is 19.3 Å². The lowest BCUT2D eigenvalue weighted by molar-refractivity contribution is -0.196. The molecule has 0 saturated carbocycles. The van der Waals surface area contributed by atoms with Crippen molar-refractivity contribution in [1.29, 1.82) is 0 Å². The predicted molar refractivity (Wildman–Crippen MR) is 134 cm³/mol. The second-order valence-corrected chi connectivity index (χ2v) is 10.3. The fraction of sp³-hybridized carbons (Fsp3) is 0.852. The number of carbonyl (C=O) groups is 4. The zero-order valence-electron chi connectivity index (χ0n) is 22.0. The van der Waals surface area contributed by atoms with E-state index in [2.05, 4.69) is 13.8 Å². The lowest BCUT2D eigenvalue weighted by Gasteiger charge is -2.39. The lowest BCUT2D eigenvalue weighted by atomic mass is 9.63. The molecule has 0 aliphatic carbocycles. The Labute approximate surface area is 210 Å². The third-order valence-corrected chi connectivity index (χ3v) is 6.90. The molecule has 8 nitrogen and oxygen atoms in total. The summed E-state index contributed by atoms with van der Waals surface area (Å²) < 4.78 is 0. The fourth-order valence-electron chi connectivity index (χ4n) is 4.71. The number of hydrogen-bond donors (Lipinski definition) is 4. The number of aliphatic carboxylic acids is 3. The Bertz CT molecular complexity index is 660. The Morgan fingerprint density at radius 1 is 0.686 bits per heavy atom. The molecule has 2 unspecified atom stereocenters. The number of Topliss-reactive ketones (excluding diaryl/α,β-unsaturated/α-hetero) is 1. The summed E-state index contributed by atoms with van der Waals surface area (Å²) in [5.41, 5.74) is -5.91. The monoisotopic (exact) mass is 500 g/mol. The maximum Gasteiger partial charge on any atom is 0.338 e. The molecule has 0 aromatic heterocycles. The summed E-state index contributed by atoms with van der Waals surface area (Å²) in [4.78, 5) is 48.7. The third kappa shape index (κ3) is 11.1. The zero-order chi connectivity index (χ0) is 26.9. The van der Waals surface area contributed by atoms with Crippen LogP contribution in [0.1, 0.15) is 130 Å². The second kappa shape index (κ2) is 17.5. The number of rotatable bonds is 23. The van der Waals surface area contributed by atoms with Crippen LogP contribution in [0.3, 0.4) is 0 Å². The van der Waals surface area contributed by atoms with Gasteiger partial charge >= 0.3 is 17.9 Å². The molecule has 35 heavy (non-hydrogen) atoms. The molecule has 0 aliphatic rings. The average molecular weight is 501 g/mol. The molecule has 0 radical (unpaired) electrons. The number of aliphatic hydroxyl groups is 1. The van der Waals surface area contributed by atoms with Crippen molar-refractivity contribution in [3.63, 3.8) is 0 Å². The van der Waals surface area contributed by atoms with Gasteiger partial charge in [0, 0.05) is 6.42 Å². The van der Waals surface area contributed by atoms with Crippen LogP contribution in [-0.2, 0) is 19.2 Å². The summed E-state index contributed by atoms with van der Waals surface area (Å²) in [6.45, 7) is 6.37. The van der Waals surface area contributed by atoms with Crippen molar-refractivity contribution >= 4 is 23.7 Å². The Hall–Kier alpha value is -1.96. The molecule has 8 heteroatoms. The van der Waals surface area contributed by atoms with E-state index in [1.165, 1.54) is 32.1 Å². The lowest BCUT2D eigenvalue weighted by Crippen LogP contribution is -2.63. The number of carboxylic acid groups (broad SMARTS) is 3. The van der Waals surface area contributed by atoms with Crippen molar-refractivity contribution in [2.45, 2.75) is 136 Å². The molecule has 0 bridgehead atoms. The average Bonchev–Trinajstić information content (AvgIpc) is 2.76. The molecular weight excluding hydrogens is 452 g/mol. The fourth-order valence-corrected chi connectivity index (χ4v) is 4.71. The SMILES string of the molecule is CCCCCC(=O)C(CCCCCCCCCCCCC(C)C)(C(=O)O)C(O)(CC(=O)O)C(=O)O. The molecule has 2 atom stereocenters. The van der Waals surface area contributed by atoms with E-state index in [9.17, 15) is 39.6 Å². The first-order chi connectivity index (χ1) is 16.5. The molecular formula is C27H48O8. The Morgan fingerprint density at radius 3 is 1.57 bits per heavy atom. The highest BCUT2D eigenvalue weighted by atomic mass is 16.4. The van der Waals surface area contributed by atoms with Gasteiger partial charge in [0.15, 0.2) is 16.8 Å². The summed E-state index contributed by atoms with van der Waals surface area (Å²) in [5, 5.41) is 39.7. The second-order valence-electron chi connectivity index (χ2n) is 10.3. The van der Waals surface area contributed by atoms with Crippen molar-refractivity contribution in [1.82, 2.24) is 0 Å². The van der Waals surface area contributed by atoms with Gasteiger partial charge in [0.2, 0.25) is 0 Å². The first kappa shape index (κ1) is 33.0. The van der Waals surface area contributed by atoms with Gasteiger partial charge < -0.3 is 20.4 Å². The number of ketones is 1. The normalized spacial score (nSPS) is 14.9. The number of carboxylic acids is 3. The highest BCUT2D eigenvalue weighted by Gasteiger charge is 2.65. The molecule has 0 aromatic carbocycles. The Morgan fingerprint density at radius 2 is 1.17 bits per heavy atom. The van der Waals surface area contributed by atoms with Crippen LogP contribution < -0.4 is 0 Å². The van der Waals surface area contributed by atoms with Gasteiger partial charge in [0.05, 0.1) is 6.42 Å². The molecule has 0 rings (SSSR count). The molecule has 0 aromatic rings. The van der Waals surface area contributed by atoms with Crippen LogP contribution in [0.25, 0.3) is 0 Å². The van der Waals surface area contributed by atoms with Crippen LogP contribution in [0, 0.1) is 11.3 Å². The van der Waals surface area contributed by atoms with E-state index in [0.717, 1.165) is 38.0 Å². The van der Waals surface area contributed by atoms with Gasteiger partial charge in [-0.1, -0.05) is 104 Å². The largest absolute Gasteiger partial charge is 0.481 e. The van der Waals surface area contributed by atoms with E-state index >= 15 is 0 Å². The van der Waals surface area contributed by atoms with E-state index in [1.54, 1.807) is 0 Å². The van der Waals surface area contributed by atoms with Crippen molar-refractivity contribution in [2.75, 3.05) is 0 Å². The summed E-state index contributed by atoms with van der Waals surface area (Å²) >= 11 is 0. The number of hydrogen-bond acceptors (Lipinski definition) is 5. The Kier molecular flexibility index (Phi) is 16.5. The first-order valence-electron chi connectivity index (χ1n) is 13.4. The van der Waals surface area contributed by atoms with Crippen LogP contribution in [0.2, 0.25) is 0 Å². The maximum absolute atomic E-state index is 13.1. The number of carbonyl (C=O) groups excluding carboxylic acids is 1. The molecule has 0 heterocycles. The topological polar surface area (TPSA) is 149 Å². The van der Waals surface area contributed by atoms with Gasteiger partial charge in [-0.05, 0) is 18.8 Å². The summed E-state index contributed by atoms with van der Waals surface area (Å²) in [6, 6.07) is 0. The minimum atomic E-state index is -3.22. The summed E-state index contributed by atoms with van der Waals surface area (Å²) in [6.07, 6.45) is 10.7. The molecule has 4 N–H and O–H groups in total. The molecule has 0 fully saturated rings. The maximum atomic E-state index is 13.1. The third-order valence-electron chi connectivity index (χ3n) is 6.90. The number of unbranched alkanes of at least 4 members (excludes halogenated alkanes) is 11. The molecule has 0 aliphatic heterocycles. The van der Waals surface area contributed by atoms with E-state index in [-0.39, 0.29) is 12.8 Å². The van der Waals surface area contributed by atoms with E-state index in [1.807, 2.05) is 6.92 Å². The molecule has 0 spiro atoms. The summed E-state index contributed by atoms with van der Waals surface area (Å²) in [5.74, 6) is -5.62. The molecule has 0 amide bonds. The summed E-state index contributed by atoms with van der Waals surface area (Å²) in [7, 11) is 0. The zero-order valence-corrected chi connectivity index (χ0v) is 22.0. The highest BCUT2D eigenvalue weighted by molar-refractivity contribution is 6.09. The molecule has 0 saturated heterocycles. The molecule has 204 valence electrons. The standard InChI is InChI=1S/C27H48O8/c1-4-5-14-18-22(28)26(24(31)32,27(35,25(33)34)20-23(29)30)19-16-13-11-9-7-6-8-10-12-15-17-21(2)3/h21,35H,4-20H2,1-3H3,(H,29,30)(H,31,32)(H,33,34). The van der Waals surface area contributed by atoms with Crippen molar-refractivity contribution in [3.8, 4) is 0 Å². The Balaban J connectivity index is 5.01. The van der Waals surface area contributed by atoms with Crippen molar-refractivity contribution in [3.05, 3.63) is 0 Å². The van der Waals surface area contributed by atoms with Crippen LogP contribution >= 0.6 is 0 Å². The quantitative estimate of drug-likeness (QED) is 0.101. The van der Waals surface area contributed by atoms with Gasteiger partial charge in [0.25, 0.3) is 0 Å². The highest BCUT2D eigenvalue weighted by Crippen LogP contribution is 2.43. The van der Waals surface area contributed by atoms with Gasteiger partial charge in [-0.15, -0.1) is 0 Å². The smallest absolute Gasteiger partial charge is 0.338 e. The van der Waals surface area contributed by atoms with Gasteiger partial charge in [-0.2, -0.15) is 0 Å². The van der Waals surface area contributed by atoms with Crippen molar-refractivity contribution < 1.29 is 39.6 Å². The van der Waals surface area contributed by atoms with Crippen molar-refractivity contribution in [2.24, 2.45) is 11.3 Å². The van der Waals surface area contributed by atoms with Gasteiger partial charge in [-0.3, -0.25) is 14.4 Å². The van der Waals surface area contributed by atoms with Crippen LogP contribution in [0.5, 0.6) is 0 Å².